The zero-order valence-corrected chi connectivity index (χ0v) is 6.02. The van der Waals surface area contributed by atoms with E-state index in [4.69, 9.17) is 0 Å². The summed E-state index contributed by atoms with van der Waals surface area (Å²) in [5, 5.41) is 0. The van der Waals surface area contributed by atoms with Crippen molar-refractivity contribution in [3.63, 3.8) is 0 Å². The van der Waals surface area contributed by atoms with E-state index >= 15 is 0 Å². The molecule has 2 heteroatoms. The molecule has 0 unspecified atom stereocenters. The fourth-order valence-electron chi connectivity index (χ4n) is 0.313. The summed E-state index contributed by atoms with van der Waals surface area (Å²) in [7, 11) is 0. The Morgan fingerprint density at radius 2 is 1.50 bits per heavy atom. The molecule has 0 aliphatic heterocycles. The number of hydrogen-bond donors (Lipinski definition) is 0. The van der Waals surface area contributed by atoms with Crippen molar-refractivity contribution in [3.05, 3.63) is 30.6 Å². The van der Waals surface area contributed by atoms with Crippen molar-refractivity contribution in [2.45, 2.75) is 5.79 Å². The monoisotopic (exact) mass is 146 g/mol. The van der Waals surface area contributed by atoms with E-state index in [2.05, 4.69) is 21.3 Å². The van der Waals surface area contributed by atoms with Gasteiger partial charge >= 0.3 is 22.1 Å². The van der Waals surface area contributed by atoms with Crippen LogP contribution in [0.5, 0.6) is 0 Å². The summed E-state index contributed by atoms with van der Waals surface area (Å²) in [5.41, 5.74) is 0. The van der Waals surface area contributed by atoms with E-state index in [9.17, 15) is 0 Å². The minimum Gasteiger partial charge on any atom is -0.265 e. The van der Waals surface area contributed by atoms with Crippen molar-refractivity contribution in [2.24, 2.45) is 0 Å². The molecular formula is C6H8CrN. The minimum absolute atomic E-state index is 1.75. The average molecular weight is 146 g/mol. The van der Waals surface area contributed by atoms with E-state index in [1.807, 2.05) is 24.0 Å². The normalized spacial score (nSPS) is 6.62. The maximum atomic E-state index is 3.78. The van der Waals surface area contributed by atoms with Crippen molar-refractivity contribution < 1.29 is 16.3 Å². The molecule has 0 fully saturated rings. The van der Waals surface area contributed by atoms with Gasteiger partial charge in [0.25, 0.3) is 0 Å². The van der Waals surface area contributed by atoms with Crippen molar-refractivity contribution in [1.29, 1.82) is 0 Å². The van der Waals surface area contributed by atoms with Gasteiger partial charge in [0, 0.05) is 12.4 Å². The van der Waals surface area contributed by atoms with Gasteiger partial charge in [-0.2, -0.15) is 0 Å². The van der Waals surface area contributed by atoms with Crippen LogP contribution < -0.4 is 0 Å². The molecule has 1 nitrogen and oxygen atoms in total. The molecule has 0 saturated carbocycles. The molecule has 0 radical (unpaired) electrons. The maximum absolute atomic E-state index is 3.78. The fourth-order valence-corrected chi connectivity index (χ4v) is 0.313. The molecule has 1 aromatic rings. The quantitative estimate of drug-likeness (QED) is 0.542. The SMILES string of the molecule is [CH3][Cr].c1ccncc1. The zero-order valence-electron chi connectivity index (χ0n) is 4.74. The van der Waals surface area contributed by atoms with Crippen LogP contribution in [0.25, 0.3) is 0 Å². The molecule has 1 aromatic heterocycles. The van der Waals surface area contributed by atoms with E-state index in [-0.39, 0.29) is 0 Å². The number of pyridine rings is 1. The van der Waals surface area contributed by atoms with Gasteiger partial charge in [0.1, 0.15) is 0 Å². The first-order chi connectivity index (χ1) is 4.00. The number of hydrogen-bond acceptors (Lipinski definition) is 1. The molecule has 1 heterocycles. The van der Waals surface area contributed by atoms with Gasteiger partial charge in [-0.1, -0.05) is 6.07 Å². The molecule has 0 amide bonds. The summed E-state index contributed by atoms with van der Waals surface area (Å²) in [6, 6.07) is 5.72. The topological polar surface area (TPSA) is 12.9 Å². The summed E-state index contributed by atoms with van der Waals surface area (Å²) >= 11 is 2.62. The van der Waals surface area contributed by atoms with E-state index < -0.39 is 0 Å². The summed E-state index contributed by atoms with van der Waals surface area (Å²) in [6.45, 7) is 0. The molecule has 0 bridgehead atoms. The maximum Gasteiger partial charge on any atom is 0.0267 e. The Balaban J connectivity index is 0.000000222. The number of nitrogens with zero attached hydrogens (tertiary/aromatic N) is 1. The van der Waals surface area contributed by atoms with Gasteiger partial charge < -0.3 is 0 Å². The Kier molecular flexibility index (Phi) is 6.42. The second-order valence-corrected chi connectivity index (χ2v) is 1.02. The smallest absolute Gasteiger partial charge is 0.0267 e. The Hall–Kier alpha value is -0.318. The van der Waals surface area contributed by atoms with Gasteiger partial charge in [-0.3, -0.25) is 4.98 Å². The van der Waals surface area contributed by atoms with Crippen LogP contribution in [0.3, 0.4) is 0 Å². The van der Waals surface area contributed by atoms with Crippen molar-refractivity contribution in [2.75, 3.05) is 0 Å². The molecule has 1 rings (SSSR count). The van der Waals surface area contributed by atoms with Crippen LogP contribution >= 0.6 is 0 Å². The fraction of sp³-hybridized carbons (Fsp3) is 0.167. The molecule has 8 heavy (non-hydrogen) atoms. The second-order valence-electron chi connectivity index (χ2n) is 1.02. The Morgan fingerprint density at radius 1 is 1.00 bits per heavy atom. The number of rotatable bonds is 0. The molecular weight excluding hydrogens is 138 g/mol. The molecule has 0 saturated heterocycles. The van der Waals surface area contributed by atoms with Crippen LogP contribution in [0, 0.1) is 0 Å². The summed E-state index contributed by atoms with van der Waals surface area (Å²) in [5.74, 6) is 1.88. The van der Waals surface area contributed by atoms with Crippen LogP contribution in [0.1, 0.15) is 0 Å². The predicted octanol–water partition coefficient (Wildman–Crippen LogP) is 1.66. The van der Waals surface area contributed by atoms with Crippen LogP contribution in [0.2, 0.25) is 5.79 Å². The first kappa shape index (κ1) is 7.68. The molecule has 0 atom stereocenters. The first-order valence-electron chi connectivity index (χ1n) is 2.26. The molecule has 0 N–H and O–H groups in total. The molecule has 43 valence electrons. The van der Waals surface area contributed by atoms with E-state index in [1.165, 1.54) is 0 Å². The summed E-state index contributed by atoms with van der Waals surface area (Å²) in [6.07, 6.45) is 3.50. The third-order valence-electron chi connectivity index (χ3n) is 0.566. The Bertz CT molecular complexity index is 80.5. The predicted molar refractivity (Wildman–Crippen MR) is 30.1 cm³/mol. The van der Waals surface area contributed by atoms with Gasteiger partial charge in [0.05, 0.1) is 0 Å². The van der Waals surface area contributed by atoms with Crippen molar-refractivity contribution >= 4 is 0 Å². The zero-order chi connectivity index (χ0) is 6.24. The molecule has 0 aliphatic rings. The summed E-state index contributed by atoms with van der Waals surface area (Å²) < 4.78 is 0. The summed E-state index contributed by atoms with van der Waals surface area (Å²) in [4.78, 5) is 3.78. The van der Waals surface area contributed by atoms with Crippen LogP contribution in [0.4, 0.5) is 0 Å². The van der Waals surface area contributed by atoms with Crippen LogP contribution in [-0.4, -0.2) is 4.98 Å². The Labute approximate surface area is 58.2 Å². The standard InChI is InChI=1S/C5H5N.CH3.Cr/c1-2-4-6-5-3-1;;/h1-5H;1H3;. The molecule has 0 aromatic carbocycles. The third-order valence-corrected chi connectivity index (χ3v) is 0.566. The van der Waals surface area contributed by atoms with Crippen molar-refractivity contribution in [3.8, 4) is 0 Å². The van der Waals surface area contributed by atoms with Gasteiger partial charge in [0.15, 0.2) is 0 Å². The largest absolute Gasteiger partial charge is 0.265 e. The van der Waals surface area contributed by atoms with Crippen LogP contribution in [-0.2, 0) is 16.3 Å². The van der Waals surface area contributed by atoms with E-state index in [1.54, 1.807) is 12.4 Å². The second kappa shape index (κ2) is 6.68. The van der Waals surface area contributed by atoms with Crippen LogP contribution in [0.15, 0.2) is 30.6 Å². The van der Waals surface area contributed by atoms with Gasteiger partial charge in [-0.05, 0) is 12.1 Å². The first-order valence-corrected chi connectivity index (χ1v) is 3.53. The average Bonchev–Trinajstić information content (AvgIpc) is 1.96. The van der Waals surface area contributed by atoms with Crippen molar-refractivity contribution in [1.82, 2.24) is 4.98 Å². The number of aromatic nitrogens is 1. The van der Waals surface area contributed by atoms with Gasteiger partial charge in [-0.25, -0.2) is 0 Å². The van der Waals surface area contributed by atoms with E-state index in [0.29, 0.717) is 0 Å². The molecule has 0 spiro atoms. The van der Waals surface area contributed by atoms with Gasteiger partial charge in [0.2, 0.25) is 0 Å². The molecule has 0 aliphatic carbocycles. The minimum atomic E-state index is 1.75. The van der Waals surface area contributed by atoms with E-state index in [0.717, 1.165) is 0 Å². The Morgan fingerprint density at radius 3 is 1.62 bits per heavy atom. The third kappa shape index (κ3) is 3.86. The van der Waals surface area contributed by atoms with Gasteiger partial charge in [-0.15, -0.1) is 0 Å².